The molecule has 0 unspecified atom stereocenters. The van der Waals surface area contributed by atoms with Crippen molar-refractivity contribution < 1.29 is 18.0 Å². The van der Waals surface area contributed by atoms with Crippen molar-refractivity contribution in [3.63, 3.8) is 0 Å². The number of halogens is 3. The fraction of sp³-hybridized carbons (Fsp3) is 0.0667. The number of rotatable bonds is 3. The standard InChI is InChI=1S/C15H10F3N5O/c1-8-19-4-5-23(8)15-20-6-9(7-21-15)22-14(24)10-2-3-11(16)13(18)12(10)17/h2-7H,1H3,(H,22,24). The molecule has 6 nitrogen and oxygen atoms in total. The minimum Gasteiger partial charge on any atom is -0.319 e. The van der Waals surface area contributed by atoms with Crippen LogP contribution in [-0.4, -0.2) is 25.4 Å². The van der Waals surface area contributed by atoms with Gasteiger partial charge in [0, 0.05) is 12.4 Å². The molecule has 0 aliphatic rings. The summed E-state index contributed by atoms with van der Waals surface area (Å²) in [6.45, 7) is 1.77. The first kappa shape index (κ1) is 15.7. The van der Waals surface area contributed by atoms with Gasteiger partial charge in [-0.3, -0.25) is 9.36 Å². The minimum absolute atomic E-state index is 0.172. The van der Waals surface area contributed by atoms with E-state index in [0.717, 1.165) is 6.07 Å². The monoisotopic (exact) mass is 333 g/mol. The Morgan fingerprint density at radius 1 is 1.08 bits per heavy atom. The molecule has 24 heavy (non-hydrogen) atoms. The van der Waals surface area contributed by atoms with E-state index < -0.39 is 28.9 Å². The summed E-state index contributed by atoms with van der Waals surface area (Å²) in [5.41, 5.74) is -0.450. The molecule has 0 atom stereocenters. The Morgan fingerprint density at radius 3 is 2.42 bits per heavy atom. The molecule has 1 N–H and O–H groups in total. The maximum atomic E-state index is 13.6. The number of carbonyl (C=O) groups excluding carboxylic acids is 1. The van der Waals surface area contributed by atoms with Gasteiger partial charge in [-0.15, -0.1) is 0 Å². The number of amides is 1. The van der Waals surface area contributed by atoms with Crippen molar-refractivity contribution in [3.05, 3.63) is 65.8 Å². The van der Waals surface area contributed by atoms with E-state index in [1.165, 1.54) is 12.4 Å². The maximum Gasteiger partial charge on any atom is 0.258 e. The van der Waals surface area contributed by atoms with E-state index in [4.69, 9.17) is 0 Å². The van der Waals surface area contributed by atoms with E-state index in [1.54, 1.807) is 23.9 Å². The molecule has 3 rings (SSSR count). The lowest BCUT2D eigenvalue weighted by Crippen LogP contribution is -2.16. The first-order valence-electron chi connectivity index (χ1n) is 6.74. The van der Waals surface area contributed by atoms with Gasteiger partial charge < -0.3 is 5.32 Å². The van der Waals surface area contributed by atoms with Crippen LogP contribution < -0.4 is 5.32 Å². The Bertz CT molecular complexity index is 908. The lowest BCUT2D eigenvalue weighted by atomic mass is 10.2. The predicted octanol–water partition coefficient (Wildman–Crippen LogP) is 2.64. The zero-order chi connectivity index (χ0) is 17.3. The van der Waals surface area contributed by atoms with Gasteiger partial charge in [0.1, 0.15) is 5.82 Å². The molecule has 0 saturated heterocycles. The van der Waals surface area contributed by atoms with Crippen molar-refractivity contribution in [3.8, 4) is 5.95 Å². The molecule has 3 aromatic rings. The summed E-state index contributed by atoms with van der Waals surface area (Å²) in [6, 6.07) is 1.53. The Kier molecular flexibility index (Phi) is 3.98. The third kappa shape index (κ3) is 2.83. The number of aromatic nitrogens is 4. The van der Waals surface area contributed by atoms with Crippen LogP contribution in [0.15, 0.2) is 36.9 Å². The Labute approximate surface area is 134 Å². The quantitative estimate of drug-likeness (QED) is 0.748. The summed E-state index contributed by atoms with van der Waals surface area (Å²) in [4.78, 5) is 24.1. The van der Waals surface area contributed by atoms with Crippen molar-refractivity contribution >= 4 is 11.6 Å². The van der Waals surface area contributed by atoms with Crippen LogP contribution in [-0.2, 0) is 0 Å². The molecule has 0 radical (unpaired) electrons. The van der Waals surface area contributed by atoms with Gasteiger partial charge in [0.05, 0.1) is 23.6 Å². The summed E-state index contributed by atoms with van der Waals surface area (Å²) in [5.74, 6) is -4.56. The number of benzene rings is 1. The molecular formula is C15H10F3N5O. The van der Waals surface area contributed by atoms with Gasteiger partial charge >= 0.3 is 0 Å². The van der Waals surface area contributed by atoms with Crippen molar-refractivity contribution in [2.45, 2.75) is 6.92 Å². The predicted molar refractivity (Wildman–Crippen MR) is 78.2 cm³/mol. The smallest absolute Gasteiger partial charge is 0.258 e. The molecule has 122 valence electrons. The fourth-order valence-electron chi connectivity index (χ4n) is 2.00. The number of hydrogen-bond donors (Lipinski definition) is 1. The molecule has 0 aliphatic heterocycles. The second-order valence-corrected chi connectivity index (χ2v) is 4.79. The van der Waals surface area contributed by atoms with Crippen molar-refractivity contribution in [1.29, 1.82) is 0 Å². The molecule has 2 heterocycles. The highest BCUT2D eigenvalue weighted by Gasteiger charge is 2.19. The second kappa shape index (κ2) is 6.11. The molecule has 0 bridgehead atoms. The third-order valence-electron chi connectivity index (χ3n) is 3.22. The average molecular weight is 333 g/mol. The van der Waals surface area contributed by atoms with Gasteiger partial charge in [0.25, 0.3) is 5.91 Å². The second-order valence-electron chi connectivity index (χ2n) is 4.79. The molecule has 0 fully saturated rings. The lowest BCUT2D eigenvalue weighted by Gasteiger charge is -2.07. The minimum atomic E-state index is -1.70. The molecule has 1 amide bonds. The SMILES string of the molecule is Cc1nccn1-c1ncc(NC(=O)c2ccc(F)c(F)c2F)cn1. The van der Waals surface area contributed by atoms with E-state index in [-0.39, 0.29) is 5.69 Å². The van der Waals surface area contributed by atoms with Gasteiger partial charge in [0.15, 0.2) is 17.5 Å². The van der Waals surface area contributed by atoms with E-state index in [0.29, 0.717) is 17.8 Å². The van der Waals surface area contributed by atoms with Gasteiger partial charge in [-0.2, -0.15) is 0 Å². The third-order valence-corrected chi connectivity index (χ3v) is 3.22. The molecule has 0 spiro atoms. The van der Waals surface area contributed by atoms with Crippen LogP contribution in [0.4, 0.5) is 18.9 Å². The largest absolute Gasteiger partial charge is 0.319 e. The molecule has 9 heteroatoms. The highest BCUT2D eigenvalue weighted by Crippen LogP contribution is 2.17. The summed E-state index contributed by atoms with van der Waals surface area (Å²) >= 11 is 0. The molecule has 2 aromatic heterocycles. The van der Waals surface area contributed by atoms with Crippen LogP contribution in [0.25, 0.3) is 5.95 Å². The number of aryl methyl sites for hydroxylation is 1. The summed E-state index contributed by atoms with van der Waals surface area (Å²) in [6.07, 6.45) is 5.86. The van der Waals surface area contributed by atoms with Crippen LogP contribution in [0.2, 0.25) is 0 Å². The number of imidazole rings is 1. The topological polar surface area (TPSA) is 72.7 Å². The van der Waals surface area contributed by atoms with Crippen LogP contribution in [0.5, 0.6) is 0 Å². The zero-order valence-electron chi connectivity index (χ0n) is 12.3. The Morgan fingerprint density at radius 2 is 1.79 bits per heavy atom. The Hall–Kier alpha value is -3.23. The Balaban J connectivity index is 1.80. The number of nitrogens with zero attached hydrogens (tertiary/aromatic N) is 4. The number of carbonyl (C=O) groups is 1. The first-order valence-corrected chi connectivity index (χ1v) is 6.74. The van der Waals surface area contributed by atoms with Crippen LogP contribution in [0.1, 0.15) is 16.2 Å². The van der Waals surface area contributed by atoms with Crippen molar-refractivity contribution in [2.75, 3.05) is 5.32 Å². The van der Waals surface area contributed by atoms with E-state index >= 15 is 0 Å². The zero-order valence-corrected chi connectivity index (χ0v) is 12.3. The van der Waals surface area contributed by atoms with E-state index in [1.807, 2.05) is 0 Å². The normalized spacial score (nSPS) is 10.7. The molecule has 0 aliphatic carbocycles. The van der Waals surface area contributed by atoms with Gasteiger partial charge in [-0.1, -0.05) is 0 Å². The highest BCUT2D eigenvalue weighted by atomic mass is 19.2. The average Bonchev–Trinajstić information content (AvgIpc) is 2.99. The number of nitrogens with one attached hydrogen (secondary N) is 1. The van der Waals surface area contributed by atoms with Crippen LogP contribution in [0, 0.1) is 24.4 Å². The maximum absolute atomic E-state index is 13.6. The van der Waals surface area contributed by atoms with Crippen LogP contribution in [0.3, 0.4) is 0 Å². The summed E-state index contributed by atoms with van der Waals surface area (Å²) < 4.78 is 41.3. The van der Waals surface area contributed by atoms with Gasteiger partial charge in [-0.05, 0) is 19.1 Å². The molecule has 0 saturated carbocycles. The van der Waals surface area contributed by atoms with Gasteiger partial charge in [-0.25, -0.2) is 28.1 Å². The summed E-state index contributed by atoms with van der Waals surface area (Å²) in [7, 11) is 0. The van der Waals surface area contributed by atoms with E-state index in [2.05, 4.69) is 20.3 Å². The van der Waals surface area contributed by atoms with Crippen LogP contribution >= 0.6 is 0 Å². The van der Waals surface area contributed by atoms with E-state index in [9.17, 15) is 18.0 Å². The van der Waals surface area contributed by atoms with Crippen molar-refractivity contribution in [2.24, 2.45) is 0 Å². The van der Waals surface area contributed by atoms with Gasteiger partial charge in [0.2, 0.25) is 5.95 Å². The molecular weight excluding hydrogens is 323 g/mol. The molecule has 1 aromatic carbocycles. The number of anilines is 1. The highest BCUT2D eigenvalue weighted by molar-refractivity contribution is 6.04. The number of hydrogen-bond acceptors (Lipinski definition) is 4. The fourth-order valence-corrected chi connectivity index (χ4v) is 2.00. The first-order chi connectivity index (χ1) is 11.5. The van der Waals surface area contributed by atoms with Crippen molar-refractivity contribution in [1.82, 2.24) is 19.5 Å². The lowest BCUT2D eigenvalue weighted by molar-refractivity contribution is 0.102. The summed E-state index contributed by atoms with van der Waals surface area (Å²) in [5, 5.41) is 2.31.